The van der Waals surface area contributed by atoms with E-state index in [4.69, 9.17) is 0 Å². The third kappa shape index (κ3) is 2.30. The van der Waals surface area contributed by atoms with E-state index in [1.165, 1.54) is 6.07 Å². The number of nitrogens with zero attached hydrogens (tertiary/aromatic N) is 2. The number of hydrogen-bond acceptors (Lipinski definition) is 4. The molecule has 0 saturated heterocycles. The number of halogens is 3. The van der Waals surface area contributed by atoms with Crippen LogP contribution in [0.15, 0.2) is 16.6 Å². The van der Waals surface area contributed by atoms with E-state index in [2.05, 4.69) is 25.5 Å². The van der Waals surface area contributed by atoms with Gasteiger partial charge in [-0.05, 0) is 46.0 Å². The van der Waals surface area contributed by atoms with Crippen molar-refractivity contribution in [3.05, 3.63) is 44.4 Å². The molecule has 3 nitrogen and oxygen atoms in total. The lowest BCUT2D eigenvalue weighted by atomic mass is 10.0. The predicted molar refractivity (Wildman–Crippen MR) is 67.4 cm³/mol. The van der Waals surface area contributed by atoms with Crippen LogP contribution < -0.4 is 0 Å². The van der Waals surface area contributed by atoms with Gasteiger partial charge in [0.15, 0.2) is 0 Å². The molecule has 0 radical (unpaired) electrons. The van der Waals surface area contributed by atoms with Crippen molar-refractivity contribution in [3.8, 4) is 0 Å². The number of aliphatic hydroxyl groups excluding tert-OH is 1. The lowest BCUT2D eigenvalue weighted by Crippen LogP contribution is -2.07. The Hall–Kier alpha value is -0.920. The fourth-order valence-corrected chi connectivity index (χ4v) is 2.67. The summed E-state index contributed by atoms with van der Waals surface area (Å²) in [5.74, 6) is -1.60. The molecule has 0 aliphatic heterocycles. The van der Waals surface area contributed by atoms with Gasteiger partial charge in [-0.1, -0.05) is 11.4 Å². The number of aromatic nitrogens is 2. The van der Waals surface area contributed by atoms with E-state index >= 15 is 0 Å². The van der Waals surface area contributed by atoms with Gasteiger partial charge in [0.1, 0.15) is 17.7 Å². The Bertz CT molecular complexity index is 576. The zero-order valence-corrected chi connectivity index (χ0v) is 11.7. The van der Waals surface area contributed by atoms with E-state index in [9.17, 15) is 13.9 Å². The van der Waals surface area contributed by atoms with E-state index in [1.807, 2.05) is 6.92 Å². The molecule has 1 aromatic carbocycles. The third-order valence-corrected chi connectivity index (χ3v) is 3.95. The minimum absolute atomic E-state index is 0.105. The zero-order chi connectivity index (χ0) is 13.3. The average Bonchev–Trinajstić information content (AvgIpc) is 2.82. The maximum absolute atomic E-state index is 13.9. The van der Waals surface area contributed by atoms with E-state index in [1.54, 1.807) is 0 Å². The van der Waals surface area contributed by atoms with Gasteiger partial charge in [-0.15, -0.1) is 5.10 Å². The predicted octanol–water partition coefficient (Wildman–Crippen LogP) is 3.22. The Kier molecular flexibility index (Phi) is 4.04. The molecule has 0 amide bonds. The van der Waals surface area contributed by atoms with E-state index < -0.39 is 17.7 Å². The van der Waals surface area contributed by atoms with Gasteiger partial charge in [0.2, 0.25) is 0 Å². The summed E-state index contributed by atoms with van der Waals surface area (Å²) < 4.78 is 31.3. The normalized spacial score (nSPS) is 12.7. The maximum atomic E-state index is 13.9. The van der Waals surface area contributed by atoms with Crippen LogP contribution in [0.2, 0.25) is 0 Å². The van der Waals surface area contributed by atoms with Crippen LogP contribution in [-0.4, -0.2) is 14.7 Å². The fraction of sp³-hybridized carbons (Fsp3) is 0.273. The molecule has 0 aliphatic carbocycles. The highest BCUT2D eigenvalue weighted by Crippen LogP contribution is 2.33. The molecule has 0 fully saturated rings. The topological polar surface area (TPSA) is 46.0 Å². The van der Waals surface area contributed by atoms with Crippen LogP contribution in [0, 0.1) is 11.6 Å². The van der Waals surface area contributed by atoms with Gasteiger partial charge in [0, 0.05) is 0 Å². The highest BCUT2D eigenvalue weighted by atomic mass is 79.9. The molecule has 2 aromatic rings. The van der Waals surface area contributed by atoms with Crippen molar-refractivity contribution < 1.29 is 13.9 Å². The SMILES string of the molecule is CCc1nnsc1C(O)c1c(F)ccc(Br)c1F. The van der Waals surface area contributed by atoms with Crippen molar-refractivity contribution in [1.82, 2.24) is 9.59 Å². The largest absolute Gasteiger partial charge is 0.382 e. The molecule has 1 N–H and O–H groups in total. The van der Waals surface area contributed by atoms with Crippen molar-refractivity contribution in [2.24, 2.45) is 0 Å². The summed E-state index contributed by atoms with van der Waals surface area (Å²) in [5.41, 5.74) is 0.163. The quantitative estimate of drug-likeness (QED) is 0.876. The van der Waals surface area contributed by atoms with Gasteiger partial charge in [0.05, 0.1) is 20.6 Å². The molecule has 18 heavy (non-hydrogen) atoms. The summed E-state index contributed by atoms with van der Waals surface area (Å²) in [6.45, 7) is 1.83. The maximum Gasteiger partial charge on any atom is 0.146 e. The van der Waals surface area contributed by atoms with Crippen LogP contribution in [-0.2, 0) is 6.42 Å². The van der Waals surface area contributed by atoms with Crippen LogP contribution in [0.1, 0.15) is 29.2 Å². The Balaban J connectivity index is 2.52. The fourth-order valence-electron chi connectivity index (χ4n) is 1.59. The summed E-state index contributed by atoms with van der Waals surface area (Å²) in [5, 5.41) is 13.9. The number of benzene rings is 1. The molecule has 0 aliphatic rings. The van der Waals surface area contributed by atoms with Crippen molar-refractivity contribution in [2.45, 2.75) is 19.4 Å². The third-order valence-electron chi connectivity index (χ3n) is 2.52. The molecule has 0 spiro atoms. The van der Waals surface area contributed by atoms with E-state index in [0.29, 0.717) is 17.0 Å². The second-order valence-electron chi connectivity index (χ2n) is 3.60. The highest BCUT2D eigenvalue weighted by Gasteiger charge is 2.25. The van der Waals surface area contributed by atoms with E-state index in [0.717, 1.165) is 17.6 Å². The van der Waals surface area contributed by atoms with Crippen molar-refractivity contribution in [2.75, 3.05) is 0 Å². The first-order valence-electron chi connectivity index (χ1n) is 5.18. The van der Waals surface area contributed by atoms with Crippen molar-refractivity contribution in [1.29, 1.82) is 0 Å². The van der Waals surface area contributed by atoms with Gasteiger partial charge in [-0.25, -0.2) is 8.78 Å². The number of hydrogen-bond donors (Lipinski definition) is 1. The second-order valence-corrected chi connectivity index (χ2v) is 5.24. The first-order chi connectivity index (χ1) is 8.56. The molecule has 0 saturated carbocycles. The molecule has 1 aromatic heterocycles. The average molecular weight is 335 g/mol. The molecule has 1 unspecified atom stereocenters. The molecular formula is C11H9BrF2N2OS. The summed E-state index contributed by atoms with van der Waals surface area (Å²) in [7, 11) is 0. The van der Waals surface area contributed by atoms with Crippen LogP contribution >= 0.6 is 27.5 Å². The monoisotopic (exact) mass is 334 g/mol. The molecule has 1 heterocycles. The molecule has 0 bridgehead atoms. The molecule has 7 heteroatoms. The first kappa shape index (κ1) is 13.5. The number of rotatable bonds is 3. The van der Waals surface area contributed by atoms with Gasteiger partial charge in [0.25, 0.3) is 0 Å². The molecule has 1 atom stereocenters. The highest BCUT2D eigenvalue weighted by molar-refractivity contribution is 9.10. The summed E-state index contributed by atoms with van der Waals surface area (Å²) in [6, 6.07) is 2.36. The Morgan fingerprint density at radius 1 is 1.44 bits per heavy atom. The lowest BCUT2D eigenvalue weighted by molar-refractivity contribution is 0.211. The van der Waals surface area contributed by atoms with Gasteiger partial charge >= 0.3 is 0 Å². The summed E-state index contributed by atoms with van der Waals surface area (Å²) in [6.07, 6.45) is -0.849. The van der Waals surface area contributed by atoms with Crippen LogP contribution in [0.25, 0.3) is 0 Å². The Morgan fingerprint density at radius 2 is 2.17 bits per heavy atom. The molecule has 96 valence electrons. The van der Waals surface area contributed by atoms with Gasteiger partial charge < -0.3 is 5.11 Å². The smallest absolute Gasteiger partial charge is 0.146 e. The van der Waals surface area contributed by atoms with Crippen molar-refractivity contribution in [3.63, 3.8) is 0 Å². The summed E-state index contributed by atoms with van der Waals surface area (Å²) in [4.78, 5) is 0.369. The van der Waals surface area contributed by atoms with Crippen LogP contribution in [0.3, 0.4) is 0 Å². The minimum atomic E-state index is -1.39. The van der Waals surface area contributed by atoms with Crippen molar-refractivity contribution >= 4 is 27.5 Å². The zero-order valence-electron chi connectivity index (χ0n) is 9.32. The standard InChI is InChI=1S/C11H9BrF2N2OS/c1-2-7-11(18-16-15-7)10(17)8-6(13)4-3-5(12)9(8)14/h3-4,10,17H,2H2,1H3. The van der Waals surface area contributed by atoms with Gasteiger partial charge in [-0.3, -0.25) is 0 Å². The van der Waals surface area contributed by atoms with Crippen LogP contribution in [0.5, 0.6) is 0 Å². The summed E-state index contributed by atoms with van der Waals surface area (Å²) >= 11 is 3.91. The van der Waals surface area contributed by atoms with Crippen LogP contribution in [0.4, 0.5) is 8.78 Å². The minimum Gasteiger partial charge on any atom is -0.382 e. The second kappa shape index (κ2) is 5.38. The number of aliphatic hydroxyl groups is 1. The Morgan fingerprint density at radius 3 is 2.83 bits per heavy atom. The Labute approximate surface area is 115 Å². The lowest BCUT2D eigenvalue weighted by Gasteiger charge is -2.12. The molecule has 2 rings (SSSR count). The molecular weight excluding hydrogens is 326 g/mol. The van der Waals surface area contributed by atoms with Gasteiger partial charge in [-0.2, -0.15) is 0 Å². The van der Waals surface area contributed by atoms with E-state index in [-0.39, 0.29) is 10.0 Å². The first-order valence-corrected chi connectivity index (χ1v) is 6.75. The number of aryl methyl sites for hydroxylation is 1.